The summed E-state index contributed by atoms with van der Waals surface area (Å²) in [7, 11) is 1.02. The van der Waals surface area contributed by atoms with Crippen molar-refractivity contribution >= 4 is 17.6 Å². The number of pyridine rings is 1. The van der Waals surface area contributed by atoms with Crippen molar-refractivity contribution < 1.29 is 36.2 Å². The minimum Gasteiger partial charge on any atom is -0.469 e. The van der Waals surface area contributed by atoms with Crippen LogP contribution in [0.25, 0.3) is 0 Å². The third-order valence-electron chi connectivity index (χ3n) is 2.30. The molecule has 0 radical (unpaired) electrons. The van der Waals surface area contributed by atoms with Gasteiger partial charge in [-0.15, -0.1) is 24.8 Å². The number of nitrogens with zero attached hydrogens (tertiary/aromatic N) is 1. The lowest BCUT2D eigenvalue weighted by Crippen LogP contribution is -2.21. The topological polar surface area (TPSA) is 48.4 Å². The summed E-state index contributed by atoms with van der Waals surface area (Å²) < 4.78 is 70.1. The average Bonchev–Trinajstić information content (AvgIpc) is 2.38. The first-order chi connectivity index (χ1) is 9.67. The standard InChI is InChI=1S/C11H9ClF5NO3/c1-20-7(19)3-5-2-6(4-12)8(9(13)14)18-10(5)21-11(15,16)17/h2,9H,3-4H2,1H3. The zero-order valence-corrected chi connectivity index (χ0v) is 11.3. The van der Waals surface area contributed by atoms with Gasteiger partial charge in [0.05, 0.1) is 13.5 Å². The molecule has 0 aliphatic carbocycles. The van der Waals surface area contributed by atoms with E-state index in [1.165, 1.54) is 0 Å². The van der Waals surface area contributed by atoms with Gasteiger partial charge in [-0.1, -0.05) is 0 Å². The number of esters is 1. The van der Waals surface area contributed by atoms with Crippen molar-refractivity contribution in [1.82, 2.24) is 4.98 Å². The molecule has 0 aliphatic heterocycles. The molecule has 0 saturated heterocycles. The van der Waals surface area contributed by atoms with Crippen molar-refractivity contribution in [3.05, 3.63) is 22.9 Å². The van der Waals surface area contributed by atoms with Crippen LogP contribution in [-0.2, 0) is 21.8 Å². The first kappa shape index (κ1) is 17.4. The lowest BCUT2D eigenvalue weighted by molar-refractivity contribution is -0.276. The Kier molecular flexibility index (Phi) is 5.70. The Morgan fingerprint density at radius 1 is 1.38 bits per heavy atom. The van der Waals surface area contributed by atoms with E-state index in [4.69, 9.17) is 11.6 Å². The lowest BCUT2D eigenvalue weighted by Gasteiger charge is -2.15. The molecule has 4 nitrogen and oxygen atoms in total. The van der Waals surface area contributed by atoms with Crippen LogP contribution < -0.4 is 4.74 Å². The van der Waals surface area contributed by atoms with E-state index in [2.05, 4.69) is 14.5 Å². The highest BCUT2D eigenvalue weighted by Gasteiger charge is 2.34. The Hall–Kier alpha value is -1.64. The van der Waals surface area contributed by atoms with Gasteiger partial charge in [-0.25, -0.2) is 13.8 Å². The summed E-state index contributed by atoms with van der Waals surface area (Å²) in [6.45, 7) is 0. The maximum Gasteiger partial charge on any atom is 0.574 e. The predicted octanol–water partition coefficient (Wildman–Crippen LogP) is 3.37. The summed E-state index contributed by atoms with van der Waals surface area (Å²) >= 11 is 5.45. The molecule has 0 unspecified atom stereocenters. The molecule has 0 aliphatic rings. The Balaban J connectivity index is 3.33. The molecular formula is C11H9ClF5NO3. The van der Waals surface area contributed by atoms with E-state index < -0.39 is 42.6 Å². The molecule has 0 spiro atoms. The number of ether oxygens (including phenoxy) is 2. The molecule has 0 N–H and O–H groups in total. The molecule has 21 heavy (non-hydrogen) atoms. The zero-order valence-electron chi connectivity index (χ0n) is 10.5. The van der Waals surface area contributed by atoms with Crippen LogP contribution in [0.5, 0.6) is 5.88 Å². The molecule has 10 heteroatoms. The molecule has 1 heterocycles. The zero-order chi connectivity index (χ0) is 16.2. The van der Waals surface area contributed by atoms with Crippen molar-refractivity contribution in [2.24, 2.45) is 0 Å². The van der Waals surface area contributed by atoms with Crippen LogP contribution in [-0.4, -0.2) is 24.4 Å². The fourth-order valence-corrected chi connectivity index (χ4v) is 1.66. The SMILES string of the molecule is COC(=O)Cc1cc(CCl)c(C(F)F)nc1OC(F)(F)F. The molecule has 0 amide bonds. The smallest absolute Gasteiger partial charge is 0.469 e. The second-order valence-electron chi connectivity index (χ2n) is 3.73. The summed E-state index contributed by atoms with van der Waals surface area (Å²) in [6, 6.07) is 0.916. The van der Waals surface area contributed by atoms with Gasteiger partial charge in [-0.2, -0.15) is 0 Å². The number of alkyl halides is 6. The fraction of sp³-hybridized carbons (Fsp3) is 0.455. The molecule has 0 bridgehead atoms. The van der Waals surface area contributed by atoms with E-state index in [9.17, 15) is 26.7 Å². The highest BCUT2D eigenvalue weighted by atomic mass is 35.5. The normalized spacial score (nSPS) is 11.6. The van der Waals surface area contributed by atoms with Gasteiger partial charge >= 0.3 is 12.3 Å². The van der Waals surface area contributed by atoms with E-state index in [1.807, 2.05) is 0 Å². The lowest BCUT2D eigenvalue weighted by atomic mass is 10.1. The summed E-state index contributed by atoms with van der Waals surface area (Å²) in [5.41, 5.74) is -1.47. The van der Waals surface area contributed by atoms with Gasteiger partial charge in [0.1, 0.15) is 5.69 Å². The van der Waals surface area contributed by atoms with Crippen LogP contribution in [0.15, 0.2) is 6.07 Å². The number of aromatic nitrogens is 1. The third-order valence-corrected chi connectivity index (χ3v) is 2.59. The fourth-order valence-electron chi connectivity index (χ4n) is 1.45. The molecule has 0 aromatic carbocycles. The number of halogens is 6. The predicted molar refractivity (Wildman–Crippen MR) is 61.2 cm³/mol. The third kappa shape index (κ3) is 5.00. The van der Waals surface area contributed by atoms with Crippen molar-refractivity contribution in [2.75, 3.05) is 7.11 Å². The van der Waals surface area contributed by atoms with Crippen molar-refractivity contribution in [1.29, 1.82) is 0 Å². The first-order valence-electron chi connectivity index (χ1n) is 5.37. The van der Waals surface area contributed by atoms with E-state index >= 15 is 0 Å². The van der Waals surface area contributed by atoms with Crippen molar-refractivity contribution in [3.8, 4) is 5.88 Å². The Bertz CT molecular complexity index is 521. The van der Waals surface area contributed by atoms with Gasteiger partial charge in [-0.3, -0.25) is 4.79 Å². The number of methoxy groups -OCH3 is 1. The molecule has 0 fully saturated rings. The molecule has 0 saturated carbocycles. The van der Waals surface area contributed by atoms with Gasteiger partial charge < -0.3 is 9.47 Å². The summed E-state index contributed by atoms with van der Waals surface area (Å²) in [4.78, 5) is 14.3. The highest BCUT2D eigenvalue weighted by molar-refractivity contribution is 6.17. The van der Waals surface area contributed by atoms with Crippen molar-refractivity contribution in [3.63, 3.8) is 0 Å². The molecule has 1 aromatic rings. The number of carbonyl (C=O) groups is 1. The Morgan fingerprint density at radius 2 is 2.00 bits per heavy atom. The van der Waals surface area contributed by atoms with Gasteiger partial charge in [0, 0.05) is 11.4 Å². The second-order valence-corrected chi connectivity index (χ2v) is 4.00. The Morgan fingerprint density at radius 3 is 2.43 bits per heavy atom. The first-order valence-corrected chi connectivity index (χ1v) is 5.90. The van der Waals surface area contributed by atoms with Gasteiger partial charge in [-0.05, 0) is 11.6 Å². The molecule has 118 valence electrons. The van der Waals surface area contributed by atoms with Gasteiger partial charge in [0.25, 0.3) is 6.43 Å². The highest BCUT2D eigenvalue weighted by Crippen LogP contribution is 2.31. The van der Waals surface area contributed by atoms with Crippen LogP contribution >= 0.6 is 11.6 Å². The van der Waals surface area contributed by atoms with E-state index in [1.54, 1.807) is 0 Å². The molecule has 0 atom stereocenters. The van der Waals surface area contributed by atoms with Crippen LogP contribution in [0.1, 0.15) is 23.2 Å². The van der Waals surface area contributed by atoms with Gasteiger partial charge in [0.2, 0.25) is 5.88 Å². The average molecular weight is 334 g/mol. The van der Waals surface area contributed by atoms with Crippen LogP contribution in [0, 0.1) is 0 Å². The van der Waals surface area contributed by atoms with Crippen molar-refractivity contribution in [2.45, 2.75) is 25.1 Å². The molecular weight excluding hydrogens is 325 g/mol. The number of hydrogen-bond acceptors (Lipinski definition) is 4. The summed E-state index contributed by atoms with van der Waals surface area (Å²) in [6.07, 6.45) is -8.90. The van der Waals surface area contributed by atoms with Crippen LogP contribution in [0.2, 0.25) is 0 Å². The number of carbonyl (C=O) groups excluding carboxylic acids is 1. The van der Waals surface area contributed by atoms with Gasteiger partial charge in [0.15, 0.2) is 0 Å². The molecule has 1 rings (SSSR count). The minimum absolute atomic E-state index is 0.194. The van der Waals surface area contributed by atoms with E-state index in [0.717, 1.165) is 13.2 Å². The summed E-state index contributed by atoms with van der Waals surface area (Å²) in [5.74, 6) is -2.42. The quantitative estimate of drug-likeness (QED) is 0.471. The monoisotopic (exact) mass is 333 g/mol. The maximum absolute atomic E-state index is 12.7. The number of rotatable bonds is 5. The van der Waals surface area contributed by atoms with Crippen LogP contribution in [0.4, 0.5) is 22.0 Å². The van der Waals surface area contributed by atoms with E-state index in [-0.39, 0.29) is 11.1 Å². The minimum atomic E-state index is -5.14. The largest absolute Gasteiger partial charge is 0.574 e. The number of hydrogen-bond donors (Lipinski definition) is 0. The Labute approximate surface area is 120 Å². The maximum atomic E-state index is 12.7. The second kappa shape index (κ2) is 6.88. The molecule has 1 aromatic heterocycles. The summed E-state index contributed by atoms with van der Waals surface area (Å²) in [5, 5.41) is 0. The van der Waals surface area contributed by atoms with E-state index in [0.29, 0.717) is 0 Å². The van der Waals surface area contributed by atoms with Crippen LogP contribution in [0.3, 0.4) is 0 Å².